The maximum Gasteiger partial charge on any atom is 0.304 e. The molecule has 8 nitrogen and oxygen atoms in total. The second kappa shape index (κ2) is 5.94. The molecule has 0 fully saturated rings. The Balaban J connectivity index is 2.61. The number of imidazole rings is 1. The highest BCUT2D eigenvalue weighted by atomic mass is 32.2. The van der Waals surface area contributed by atoms with Crippen LogP contribution >= 0.6 is 0 Å². The quantitative estimate of drug-likeness (QED) is 0.633. The number of aromatic nitrogens is 2. The third-order valence-electron chi connectivity index (χ3n) is 2.31. The molecule has 1 aromatic rings. The summed E-state index contributed by atoms with van der Waals surface area (Å²) < 4.78 is 27.0. The predicted molar refractivity (Wildman–Crippen MR) is 63.9 cm³/mol. The van der Waals surface area contributed by atoms with Crippen LogP contribution in [-0.4, -0.2) is 47.4 Å². The standard InChI is InChI=1S/C9H16N4O4S/c1-7(9-10-4-5-11-9)12-18(16,17)13(2)6-3-8(14)15/h4-5,7,12H,3,6H2,1-2H3,(H,10,11)(H,14,15). The van der Waals surface area contributed by atoms with E-state index in [1.54, 1.807) is 13.1 Å². The summed E-state index contributed by atoms with van der Waals surface area (Å²) in [6.45, 7) is 1.55. The molecule has 9 heteroatoms. The van der Waals surface area contributed by atoms with Gasteiger partial charge in [0.25, 0.3) is 10.2 Å². The van der Waals surface area contributed by atoms with Crippen molar-refractivity contribution in [3.63, 3.8) is 0 Å². The number of carboxylic acid groups (broad SMARTS) is 1. The Morgan fingerprint density at radius 3 is 2.83 bits per heavy atom. The Labute approximate surface area is 105 Å². The van der Waals surface area contributed by atoms with E-state index < -0.39 is 22.2 Å². The summed E-state index contributed by atoms with van der Waals surface area (Å²) in [6.07, 6.45) is 2.87. The highest BCUT2D eigenvalue weighted by molar-refractivity contribution is 7.87. The van der Waals surface area contributed by atoms with E-state index in [0.717, 1.165) is 4.31 Å². The minimum atomic E-state index is -3.72. The van der Waals surface area contributed by atoms with Crippen molar-refractivity contribution in [2.24, 2.45) is 0 Å². The van der Waals surface area contributed by atoms with E-state index in [0.29, 0.717) is 5.82 Å². The Hall–Kier alpha value is -1.45. The van der Waals surface area contributed by atoms with Crippen molar-refractivity contribution in [1.82, 2.24) is 19.0 Å². The van der Waals surface area contributed by atoms with E-state index >= 15 is 0 Å². The van der Waals surface area contributed by atoms with Crippen molar-refractivity contribution in [2.75, 3.05) is 13.6 Å². The van der Waals surface area contributed by atoms with Gasteiger partial charge in [-0.25, -0.2) is 4.98 Å². The smallest absolute Gasteiger partial charge is 0.304 e. The molecule has 0 saturated heterocycles. The highest BCUT2D eigenvalue weighted by Crippen LogP contribution is 2.08. The van der Waals surface area contributed by atoms with Gasteiger partial charge in [-0.2, -0.15) is 17.4 Å². The molecule has 1 unspecified atom stereocenters. The third-order valence-corrected chi connectivity index (χ3v) is 3.96. The first kappa shape index (κ1) is 14.6. The van der Waals surface area contributed by atoms with E-state index in [-0.39, 0.29) is 13.0 Å². The molecule has 1 rings (SSSR count). The van der Waals surface area contributed by atoms with Crippen LogP contribution < -0.4 is 4.72 Å². The number of carboxylic acids is 1. The summed E-state index contributed by atoms with van der Waals surface area (Å²) in [6, 6.07) is -0.516. The molecular weight excluding hydrogens is 260 g/mol. The highest BCUT2D eigenvalue weighted by Gasteiger charge is 2.22. The molecule has 0 aliphatic carbocycles. The first-order valence-corrected chi connectivity index (χ1v) is 6.71. The van der Waals surface area contributed by atoms with Crippen LogP contribution in [0.2, 0.25) is 0 Å². The monoisotopic (exact) mass is 276 g/mol. The average molecular weight is 276 g/mol. The van der Waals surface area contributed by atoms with Crippen LogP contribution in [0, 0.1) is 0 Å². The zero-order chi connectivity index (χ0) is 13.8. The van der Waals surface area contributed by atoms with Crippen molar-refractivity contribution >= 4 is 16.2 Å². The second-order valence-corrected chi connectivity index (χ2v) is 5.59. The maximum atomic E-state index is 11.8. The number of aromatic amines is 1. The number of H-pyrrole nitrogens is 1. The van der Waals surface area contributed by atoms with Crippen LogP contribution in [0.4, 0.5) is 0 Å². The van der Waals surface area contributed by atoms with Crippen molar-refractivity contribution in [2.45, 2.75) is 19.4 Å². The normalized spacial score (nSPS) is 13.7. The van der Waals surface area contributed by atoms with Gasteiger partial charge in [-0.15, -0.1) is 0 Å². The Kier molecular flexibility index (Phi) is 4.82. The number of rotatable bonds is 7. The van der Waals surface area contributed by atoms with E-state index in [2.05, 4.69) is 14.7 Å². The van der Waals surface area contributed by atoms with Gasteiger partial charge in [0.1, 0.15) is 5.82 Å². The second-order valence-electron chi connectivity index (χ2n) is 3.78. The minimum absolute atomic E-state index is 0.0878. The Morgan fingerprint density at radius 2 is 2.33 bits per heavy atom. The molecule has 3 N–H and O–H groups in total. The summed E-state index contributed by atoms with van der Waals surface area (Å²) in [5, 5.41) is 8.50. The third kappa shape index (κ3) is 4.09. The largest absolute Gasteiger partial charge is 0.481 e. The van der Waals surface area contributed by atoms with Crippen LogP contribution in [0.3, 0.4) is 0 Å². The average Bonchev–Trinajstić information content (AvgIpc) is 2.78. The number of hydrogen-bond acceptors (Lipinski definition) is 4. The summed E-state index contributed by atoms with van der Waals surface area (Å²) in [5.74, 6) is -0.554. The fourth-order valence-corrected chi connectivity index (χ4v) is 2.33. The van der Waals surface area contributed by atoms with Gasteiger partial charge in [0.15, 0.2) is 0 Å². The van der Waals surface area contributed by atoms with Gasteiger partial charge in [-0.3, -0.25) is 4.79 Å². The lowest BCUT2D eigenvalue weighted by Crippen LogP contribution is -2.40. The van der Waals surface area contributed by atoms with Crippen molar-refractivity contribution < 1.29 is 18.3 Å². The molecule has 0 aromatic carbocycles. The van der Waals surface area contributed by atoms with Gasteiger partial charge in [0.05, 0.1) is 12.5 Å². The lowest BCUT2D eigenvalue weighted by Gasteiger charge is -2.19. The van der Waals surface area contributed by atoms with E-state index in [9.17, 15) is 13.2 Å². The first-order chi connectivity index (χ1) is 8.33. The van der Waals surface area contributed by atoms with E-state index in [1.165, 1.54) is 13.2 Å². The predicted octanol–water partition coefficient (Wildman–Crippen LogP) is -0.288. The van der Waals surface area contributed by atoms with Crippen LogP contribution in [0.1, 0.15) is 25.2 Å². The zero-order valence-electron chi connectivity index (χ0n) is 10.1. The fourth-order valence-electron chi connectivity index (χ4n) is 1.26. The van der Waals surface area contributed by atoms with Gasteiger partial charge in [0.2, 0.25) is 0 Å². The van der Waals surface area contributed by atoms with Gasteiger partial charge >= 0.3 is 5.97 Å². The molecule has 0 amide bonds. The summed E-state index contributed by atoms with van der Waals surface area (Å²) in [4.78, 5) is 17.1. The summed E-state index contributed by atoms with van der Waals surface area (Å²) in [5.41, 5.74) is 0. The summed E-state index contributed by atoms with van der Waals surface area (Å²) in [7, 11) is -2.40. The molecule has 0 saturated carbocycles. The lowest BCUT2D eigenvalue weighted by molar-refractivity contribution is -0.137. The Morgan fingerprint density at radius 1 is 1.67 bits per heavy atom. The Bertz CT molecular complexity index is 485. The van der Waals surface area contributed by atoms with Gasteiger partial charge < -0.3 is 10.1 Å². The molecule has 0 aliphatic rings. The number of nitrogens with one attached hydrogen (secondary N) is 2. The summed E-state index contributed by atoms with van der Waals surface area (Å²) >= 11 is 0. The topological polar surface area (TPSA) is 115 Å². The molecule has 0 radical (unpaired) electrons. The molecular formula is C9H16N4O4S. The number of nitrogens with zero attached hydrogens (tertiary/aromatic N) is 2. The van der Waals surface area contributed by atoms with E-state index in [4.69, 9.17) is 5.11 Å². The molecule has 1 aromatic heterocycles. The lowest BCUT2D eigenvalue weighted by atomic mass is 10.3. The maximum absolute atomic E-state index is 11.8. The van der Waals surface area contributed by atoms with Gasteiger partial charge in [-0.1, -0.05) is 0 Å². The number of aliphatic carboxylic acids is 1. The number of hydrogen-bond donors (Lipinski definition) is 3. The van der Waals surface area contributed by atoms with Gasteiger partial charge in [-0.05, 0) is 6.92 Å². The van der Waals surface area contributed by atoms with Crippen molar-refractivity contribution in [3.05, 3.63) is 18.2 Å². The molecule has 0 aliphatic heterocycles. The molecule has 1 heterocycles. The van der Waals surface area contributed by atoms with Crippen LogP contribution in [0.5, 0.6) is 0 Å². The van der Waals surface area contributed by atoms with Crippen LogP contribution in [0.15, 0.2) is 12.4 Å². The van der Waals surface area contributed by atoms with E-state index in [1.807, 2.05) is 0 Å². The molecule has 1 atom stereocenters. The molecule has 102 valence electrons. The molecule has 18 heavy (non-hydrogen) atoms. The molecule has 0 bridgehead atoms. The fraction of sp³-hybridized carbons (Fsp3) is 0.556. The zero-order valence-corrected chi connectivity index (χ0v) is 10.9. The first-order valence-electron chi connectivity index (χ1n) is 5.27. The van der Waals surface area contributed by atoms with Gasteiger partial charge in [0, 0.05) is 26.0 Å². The van der Waals surface area contributed by atoms with Crippen molar-refractivity contribution in [1.29, 1.82) is 0 Å². The minimum Gasteiger partial charge on any atom is -0.481 e. The SMILES string of the molecule is CC(NS(=O)(=O)N(C)CCC(=O)O)c1ncc[nH]1. The number of carbonyl (C=O) groups is 1. The van der Waals surface area contributed by atoms with Crippen molar-refractivity contribution in [3.8, 4) is 0 Å². The van der Waals surface area contributed by atoms with Crippen LogP contribution in [0.25, 0.3) is 0 Å². The molecule has 0 spiro atoms. The van der Waals surface area contributed by atoms with Crippen LogP contribution in [-0.2, 0) is 15.0 Å².